The summed E-state index contributed by atoms with van der Waals surface area (Å²) < 4.78 is 25.0. The predicted octanol–water partition coefficient (Wildman–Crippen LogP) is 3.61. The van der Waals surface area contributed by atoms with Gasteiger partial charge in [0, 0.05) is 29.9 Å². The molecule has 6 heteroatoms. The van der Waals surface area contributed by atoms with Gasteiger partial charge >= 0.3 is 0 Å². The molecular formula is C14H23F2N3S. The van der Waals surface area contributed by atoms with Gasteiger partial charge in [0.2, 0.25) is 0 Å². The van der Waals surface area contributed by atoms with Gasteiger partial charge in [-0.2, -0.15) is 0 Å². The molecule has 0 aromatic carbocycles. The zero-order valence-corrected chi connectivity index (χ0v) is 13.4. The number of hydrogen-bond acceptors (Lipinski definition) is 4. The first-order valence-corrected chi connectivity index (χ1v) is 7.82. The largest absolute Gasteiger partial charge is 0.345 e. The third kappa shape index (κ3) is 4.38. The Morgan fingerprint density at radius 2 is 2.05 bits per heavy atom. The van der Waals surface area contributed by atoms with Crippen LogP contribution in [-0.4, -0.2) is 30.5 Å². The lowest BCUT2D eigenvalue weighted by Gasteiger charge is -2.20. The van der Waals surface area contributed by atoms with Crippen LogP contribution in [0.5, 0.6) is 0 Å². The van der Waals surface area contributed by atoms with Crippen LogP contribution in [0.3, 0.4) is 0 Å². The quantitative estimate of drug-likeness (QED) is 0.870. The van der Waals surface area contributed by atoms with Crippen LogP contribution in [0.25, 0.3) is 0 Å². The summed E-state index contributed by atoms with van der Waals surface area (Å²) in [7, 11) is 1.68. The van der Waals surface area contributed by atoms with Crippen molar-refractivity contribution in [2.45, 2.75) is 58.0 Å². The lowest BCUT2D eigenvalue weighted by atomic mass is 10.1. The molecule has 1 aliphatic carbocycles. The van der Waals surface area contributed by atoms with Crippen LogP contribution in [0.15, 0.2) is 0 Å². The van der Waals surface area contributed by atoms with Gasteiger partial charge < -0.3 is 10.2 Å². The third-order valence-corrected chi connectivity index (χ3v) is 4.38. The standard InChI is InChI=1S/C14H23F2N3S/c1-14(2,3)17-7-10-12(9-5-6-9)18-13(20-10)19(4)8-11(15)16/h9,11,17H,5-8H2,1-4H3. The summed E-state index contributed by atoms with van der Waals surface area (Å²) in [5.74, 6) is 0.539. The molecule has 114 valence electrons. The second-order valence-electron chi connectivity index (χ2n) is 6.45. The number of rotatable bonds is 6. The molecule has 0 atom stereocenters. The molecule has 20 heavy (non-hydrogen) atoms. The first-order valence-electron chi connectivity index (χ1n) is 7.00. The average Bonchev–Trinajstić information content (AvgIpc) is 3.04. The van der Waals surface area contributed by atoms with E-state index in [1.165, 1.54) is 29.1 Å². The van der Waals surface area contributed by atoms with Crippen molar-refractivity contribution in [3.05, 3.63) is 10.6 Å². The Hall–Kier alpha value is -0.750. The van der Waals surface area contributed by atoms with Gasteiger partial charge in [0.1, 0.15) is 0 Å². The summed E-state index contributed by atoms with van der Waals surface area (Å²) in [6.07, 6.45) is 0.0125. The number of hydrogen-bond donors (Lipinski definition) is 1. The third-order valence-electron chi connectivity index (χ3n) is 3.20. The van der Waals surface area contributed by atoms with Crippen molar-refractivity contribution in [1.29, 1.82) is 0 Å². The van der Waals surface area contributed by atoms with E-state index in [0.29, 0.717) is 11.0 Å². The van der Waals surface area contributed by atoms with Crippen LogP contribution >= 0.6 is 11.3 Å². The number of anilines is 1. The van der Waals surface area contributed by atoms with Gasteiger partial charge in [0.05, 0.1) is 12.2 Å². The maximum absolute atomic E-state index is 12.5. The molecule has 0 bridgehead atoms. The summed E-state index contributed by atoms with van der Waals surface area (Å²) in [4.78, 5) is 7.35. The number of halogens is 2. The average molecular weight is 303 g/mol. The van der Waals surface area contributed by atoms with Gasteiger partial charge in [0.15, 0.2) is 5.13 Å². The molecule has 3 nitrogen and oxygen atoms in total. The summed E-state index contributed by atoms with van der Waals surface area (Å²) in [6, 6.07) is 0. The molecule has 0 saturated heterocycles. The van der Waals surface area contributed by atoms with Gasteiger partial charge in [-0.05, 0) is 33.6 Å². The van der Waals surface area contributed by atoms with E-state index in [1.54, 1.807) is 11.9 Å². The maximum Gasteiger partial charge on any atom is 0.255 e. The van der Waals surface area contributed by atoms with Crippen molar-refractivity contribution in [2.75, 3.05) is 18.5 Å². The zero-order chi connectivity index (χ0) is 14.9. The van der Waals surface area contributed by atoms with Crippen molar-refractivity contribution in [1.82, 2.24) is 10.3 Å². The molecular weight excluding hydrogens is 280 g/mol. The molecule has 0 spiro atoms. The number of thiazole rings is 1. The van der Waals surface area contributed by atoms with Crippen LogP contribution in [0.1, 0.15) is 50.1 Å². The Bertz CT molecular complexity index is 450. The highest BCUT2D eigenvalue weighted by atomic mass is 32.1. The Morgan fingerprint density at radius 1 is 1.40 bits per heavy atom. The van der Waals surface area contributed by atoms with E-state index in [0.717, 1.165) is 12.2 Å². The summed E-state index contributed by atoms with van der Waals surface area (Å²) in [5.41, 5.74) is 1.16. The van der Waals surface area contributed by atoms with E-state index < -0.39 is 6.43 Å². The molecule has 1 N–H and O–H groups in total. The molecule has 1 heterocycles. The fourth-order valence-corrected chi connectivity index (χ4v) is 3.00. The van der Waals surface area contributed by atoms with Crippen LogP contribution in [0.2, 0.25) is 0 Å². The SMILES string of the molecule is CN(CC(F)F)c1nc(C2CC2)c(CNC(C)(C)C)s1. The molecule has 0 aliphatic heterocycles. The summed E-state index contributed by atoms with van der Waals surface area (Å²) >= 11 is 1.54. The van der Waals surface area contributed by atoms with Gasteiger partial charge in [0.25, 0.3) is 6.43 Å². The molecule has 1 fully saturated rings. The highest BCUT2D eigenvalue weighted by Crippen LogP contribution is 2.44. The van der Waals surface area contributed by atoms with Crippen molar-refractivity contribution in [2.24, 2.45) is 0 Å². The van der Waals surface area contributed by atoms with E-state index in [-0.39, 0.29) is 12.1 Å². The zero-order valence-electron chi connectivity index (χ0n) is 12.5. The Kier molecular flexibility index (Phi) is 4.64. The lowest BCUT2D eigenvalue weighted by molar-refractivity contribution is 0.156. The Morgan fingerprint density at radius 3 is 2.55 bits per heavy atom. The molecule has 1 aromatic rings. The fourth-order valence-electron chi connectivity index (χ4n) is 1.95. The van der Waals surface area contributed by atoms with Gasteiger partial charge in [-0.1, -0.05) is 0 Å². The monoisotopic (exact) mass is 303 g/mol. The van der Waals surface area contributed by atoms with E-state index in [2.05, 4.69) is 31.1 Å². The minimum atomic E-state index is -2.33. The number of nitrogens with one attached hydrogen (secondary N) is 1. The molecule has 0 amide bonds. The minimum absolute atomic E-state index is 0.0415. The molecule has 1 saturated carbocycles. The van der Waals surface area contributed by atoms with Crippen LogP contribution < -0.4 is 10.2 Å². The summed E-state index contributed by atoms with van der Waals surface area (Å²) in [6.45, 7) is 6.86. The fraction of sp³-hybridized carbons (Fsp3) is 0.786. The van der Waals surface area contributed by atoms with Crippen LogP contribution in [0.4, 0.5) is 13.9 Å². The Labute approximate surface area is 123 Å². The first-order chi connectivity index (χ1) is 9.26. The second-order valence-corrected chi connectivity index (χ2v) is 7.52. The Balaban J connectivity index is 2.11. The van der Waals surface area contributed by atoms with Gasteiger partial charge in [-0.25, -0.2) is 13.8 Å². The van der Waals surface area contributed by atoms with Crippen molar-refractivity contribution in [3.8, 4) is 0 Å². The number of alkyl halides is 2. The van der Waals surface area contributed by atoms with E-state index in [9.17, 15) is 8.78 Å². The molecule has 1 aliphatic rings. The van der Waals surface area contributed by atoms with E-state index in [1.807, 2.05) is 0 Å². The van der Waals surface area contributed by atoms with E-state index >= 15 is 0 Å². The maximum atomic E-state index is 12.5. The minimum Gasteiger partial charge on any atom is -0.345 e. The first kappa shape index (κ1) is 15.6. The highest BCUT2D eigenvalue weighted by Gasteiger charge is 2.30. The van der Waals surface area contributed by atoms with Crippen LogP contribution in [0, 0.1) is 0 Å². The van der Waals surface area contributed by atoms with Crippen molar-refractivity contribution < 1.29 is 8.78 Å². The molecule has 0 radical (unpaired) electrons. The number of aromatic nitrogens is 1. The predicted molar refractivity (Wildman–Crippen MR) is 80.0 cm³/mol. The van der Waals surface area contributed by atoms with Gasteiger partial charge in [-0.15, -0.1) is 11.3 Å². The molecule has 0 unspecified atom stereocenters. The van der Waals surface area contributed by atoms with Crippen molar-refractivity contribution >= 4 is 16.5 Å². The lowest BCUT2D eigenvalue weighted by Crippen LogP contribution is -2.35. The van der Waals surface area contributed by atoms with Crippen LogP contribution in [-0.2, 0) is 6.54 Å². The molecule has 1 aromatic heterocycles. The molecule has 2 rings (SSSR count). The normalized spacial score (nSPS) is 15.9. The van der Waals surface area contributed by atoms with Crippen molar-refractivity contribution in [3.63, 3.8) is 0 Å². The van der Waals surface area contributed by atoms with Gasteiger partial charge in [-0.3, -0.25) is 0 Å². The smallest absolute Gasteiger partial charge is 0.255 e. The highest BCUT2D eigenvalue weighted by molar-refractivity contribution is 7.15. The van der Waals surface area contributed by atoms with E-state index in [4.69, 9.17) is 0 Å². The second kappa shape index (κ2) is 5.93. The number of nitrogens with zero attached hydrogens (tertiary/aromatic N) is 2. The topological polar surface area (TPSA) is 28.2 Å². The summed E-state index contributed by atoms with van der Waals surface area (Å²) in [5, 5.41) is 4.16.